The summed E-state index contributed by atoms with van der Waals surface area (Å²) in [5.74, 6) is 0.819. The predicted molar refractivity (Wildman–Crippen MR) is 84.9 cm³/mol. The zero-order valence-corrected chi connectivity index (χ0v) is 13.2. The summed E-state index contributed by atoms with van der Waals surface area (Å²) in [4.78, 5) is 17.5. The number of hydrogen-bond donors (Lipinski definition) is 1. The number of thiazole rings is 1. The SMILES string of the molecule is COc1ccccc1-c1nc(CCNC(=O)N(C)C)cs1. The molecule has 6 heteroatoms. The van der Waals surface area contributed by atoms with Crippen molar-refractivity contribution in [3.05, 3.63) is 35.3 Å². The van der Waals surface area contributed by atoms with Gasteiger partial charge in [0.1, 0.15) is 10.8 Å². The van der Waals surface area contributed by atoms with Crippen molar-refractivity contribution in [2.45, 2.75) is 6.42 Å². The smallest absolute Gasteiger partial charge is 0.316 e. The summed E-state index contributed by atoms with van der Waals surface area (Å²) >= 11 is 1.58. The first-order chi connectivity index (χ1) is 10.1. The summed E-state index contributed by atoms with van der Waals surface area (Å²) in [5.41, 5.74) is 1.97. The lowest BCUT2D eigenvalue weighted by molar-refractivity contribution is 0.217. The van der Waals surface area contributed by atoms with Crippen molar-refractivity contribution in [2.75, 3.05) is 27.7 Å². The molecule has 0 spiro atoms. The van der Waals surface area contributed by atoms with Gasteiger partial charge in [0, 0.05) is 32.4 Å². The lowest BCUT2D eigenvalue weighted by Crippen LogP contribution is -2.35. The first-order valence-corrected chi connectivity index (χ1v) is 7.52. The standard InChI is InChI=1S/C15H19N3O2S/c1-18(2)15(19)16-9-8-11-10-21-14(17-11)12-6-4-5-7-13(12)20-3/h4-7,10H,8-9H2,1-3H3,(H,16,19). The van der Waals surface area contributed by atoms with Crippen molar-refractivity contribution in [1.29, 1.82) is 0 Å². The molecule has 112 valence electrons. The van der Waals surface area contributed by atoms with Crippen LogP contribution >= 0.6 is 11.3 Å². The van der Waals surface area contributed by atoms with Crippen LogP contribution in [0, 0.1) is 0 Å². The van der Waals surface area contributed by atoms with E-state index in [1.165, 1.54) is 4.90 Å². The van der Waals surface area contributed by atoms with E-state index in [4.69, 9.17) is 4.74 Å². The normalized spacial score (nSPS) is 10.2. The number of nitrogens with zero attached hydrogens (tertiary/aromatic N) is 2. The van der Waals surface area contributed by atoms with E-state index in [1.807, 2.05) is 29.6 Å². The summed E-state index contributed by atoms with van der Waals surface area (Å²) in [6.07, 6.45) is 0.714. The maximum atomic E-state index is 11.4. The van der Waals surface area contributed by atoms with E-state index >= 15 is 0 Å². The van der Waals surface area contributed by atoms with E-state index in [1.54, 1.807) is 32.5 Å². The Morgan fingerprint density at radius 2 is 2.14 bits per heavy atom. The Balaban J connectivity index is 2.00. The van der Waals surface area contributed by atoms with Gasteiger partial charge in [0.2, 0.25) is 0 Å². The third-order valence-corrected chi connectivity index (χ3v) is 3.88. The number of benzene rings is 1. The second-order valence-corrected chi connectivity index (χ2v) is 5.58. The van der Waals surface area contributed by atoms with Crippen molar-refractivity contribution >= 4 is 17.4 Å². The molecular formula is C15H19N3O2S. The number of ether oxygens (including phenoxy) is 1. The molecular weight excluding hydrogens is 286 g/mol. The molecule has 0 fully saturated rings. The molecule has 0 aliphatic heterocycles. The van der Waals surface area contributed by atoms with Gasteiger partial charge in [-0.1, -0.05) is 12.1 Å². The number of carbonyl (C=O) groups excluding carboxylic acids is 1. The van der Waals surface area contributed by atoms with Crippen LogP contribution in [0.5, 0.6) is 5.75 Å². The highest BCUT2D eigenvalue weighted by Crippen LogP contribution is 2.31. The lowest BCUT2D eigenvalue weighted by atomic mass is 10.2. The molecule has 2 rings (SSSR count). The first-order valence-electron chi connectivity index (χ1n) is 6.64. The van der Waals surface area contributed by atoms with E-state index in [0.717, 1.165) is 22.0 Å². The van der Waals surface area contributed by atoms with Gasteiger partial charge in [-0.25, -0.2) is 9.78 Å². The number of amides is 2. The van der Waals surface area contributed by atoms with E-state index < -0.39 is 0 Å². The molecule has 0 atom stereocenters. The molecule has 5 nitrogen and oxygen atoms in total. The van der Waals surface area contributed by atoms with Gasteiger partial charge in [-0.2, -0.15) is 0 Å². The van der Waals surface area contributed by atoms with Crippen molar-refractivity contribution < 1.29 is 9.53 Å². The minimum atomic E-state index is -0.0878. The number of carbonyl (C=O) groups is 1. The third kappa shape index (κ3) is 3.95. The number of para-hydroxylation sites is 1. The summed E-state index contributed by atoms with van der Waals surface area (Å²) in [6.45, 7) is 0.576. The second kappa shape index (κ2) is 7.08. The third-order valence-electron chi connectivity index (χ3n) is 2.95. The molecule has 0 unspecified atom stereocenters. The monoisotopic (exact) mass is 305 g/mol. The molecule has 0 radical (unpaired) electrons. The zero-order chi connectivity index (χ0) is 15.2. The lowest BCUT2D eigenvalue weighted by Gasteiger charge is -2.10. The molecule has 0 saturated heterocycles. The van der Waals surface area contributed by atoms with E-state index in [2.05, 4.69) is 10.3 Å². The quantitative estimate of drug-likeness (QED) is 0.924. The summed E-state index contributed by atoms with van der Waals surface area (Å²) in [5, 5.41) is 5.78. The van der Waals surface area contributed by atoms with Crippen molar-refractivity contribution in [3.63, 3.8) is 0 Å². The summed E-state index contributed by atoms with van der Waals surface area (Å²) < 4.78 is 5.35. The van der Waals surface area contributed by atoms with Crippen LogP contribution in [0.25, 0.3) is 10.6 Å². The highest BCUT2D eigenvalue weighted by molar-refractivity contribution is 7.13. The highest BCUT2D eigenvalue weighted by Gasteiger charge is 2.10. The maximum absolute atomic E-state index is 11.4. The second-order valence-electron chi connectivity index (χ2n) is 4.72. The number of rotatable bonds is 5. The first kappa shape index (κ1) is 15.3. The molecule has 1 heterocycles. The topological polar surface area (TPSA) is 54.5 Å². The van der Waals surface area contributed by atoms with Gasteiger partial charge in [-0.15, -0.1) is 11.3 Å². The van der Waals surface area contributed by atoms with Crippen LogP contribution < -0.4 is 10.1 Å². The van der Waals surface area contributed by atoms with Crippen LogP contribution in [0.2, 0.25) is 0 Å². The van der Waals surface area contributed by atoms with Crippen molar-refractivity contribution in [1.82, 2.24) is 15.2 Å². The van der Waals surface area contributed by atoms with Crippen molar-refractivity contribution in [3.8, 4) is 16.3 Å². The largest absolute Gasteiger partial charge is 0.496 e. The minimum absolute atomic E-state index is 0.0878. The van der Waals surface area contributed by atoms with Gasteiger partial charge in [0.05, 0.1) is 18.4 Å². The Morgan fingerprint density at radius 1 is 1.38 bits per heavy atom. The van der Waals surface area contributed by atoms with Gasteiger partial charge in [-0.05, 0) is 12.1 Å². The van der Waals surface area contributed by atoms with Gasteiger partial charge in [0.15, 0.2) is 0 Å². The zero-order valence-electron chi connectivity index (χ0n) is 12.4. The van der Waals surface area contributed by atoms with E-state index in [9.17, 15) is 4.79 Å². The van der Waals surface area contributed by atoms with Crippen LogP contribution in [-0.4, -0.2) is 43.7 Å². The van der Waals surface area contributed by atoms with Gasteiger partial charge >= 0.3 is 6.03 Å². The average molecular weight is 305 g/mol. The Bertz CT molecular complexity index is 610. The molecule has 2 aromatic rings. The van der Waals surface area contributed by atoms with Crippen LogP contribution in [-0.2, 0) is 6.42 Å². The Labute approximate surface area is 128 Å². The highest BCUT2D eigenvalue weighted by atomic mass is 32.1. The number of hydrogen-bond acceptors (Lipinski definition) is 4. The minimum Gasteiger partial charge on any atom is -0.496 e. The fourth-order valence-corrected chi connectivity index (χ4v) is 2.71. The Morgan fingerprint density at radius 3 is 2.86 bits per heavy atom. The molecule has 0 aliphatic rings. The molecule has 1 aromatic carbocycles. The molecule has 0 aliphatic carbocycles. The van der Waals surface area contributed by atoms with Gasteiger partial charge < -0.3 is 15.0 Å². The van der Waals surface area contributed by atoms with Gasteiger partial charge in [0.25, 0.3) is 0 Å². The summed E-state index contributed by atoms with van der Waals surface area (Å²) in [7, 11) is 5.10. The number of methoxy groups -OCH3 is 1. The van der Waals surface area contributed by atoms with Crippen molar-refractivity contribution in [2.24, 2.45) is 0 Å². The van der Waals surface area contributed by atoms with E-state index in [0.29, 0.717) is 13.0 Å². The van der Waals surface area contributed by atoms with Crippen LogP contribution in [0.1, 0.15) is 5.69 Å². The maximum Gasteiger partial charge on any atom is 0.316 e. The van der Waals surface area contributed by atoms with Gasteiger partial charge in [-0.3, -0.25) is 0 Å². The molecule has 2 amide bonds. The molecule has 0 bridgehead atoms. The molecule has 0 saturated carbocycles. The van der Waals surface area contributed by atoms with Crippen LogP contribution in [0.4, 0.5) is 4.79 Å². The average Bonchev–Trinajstić information content (AvgIpc) is 2.95. The Hall–Kier alpha value is -2.08. The number of aromatic nitrogens is 1. The summed E-state index contributed by atoms with van der Waals surface area (Å²) in [6, 6.07) is 7.74. The Kier molecular flexibility index (Phi) is 5.16. The van der Waals surface area contributed by atoms with Crippen LogP contribution in [0.15, 0.2) is 29.6 Å². The molecule has 1 aromatic heterocycles. The van der Waals surface area contributed by atoms with E-state index in [-0.39, 0.29) is 6.03 Å². The van der Waals surface area contributed by atoms with Crippen LogP contribution in [0.3, 0.4) is 0 Å². The molecule has 21 heavy (non-hydrogen) atoms. The predicted octanol–water partition coefficient (Wildman–Crippen LogP) is 2.63. The molecule has 1 N–H and O–H groups in total. The fraction of sp³-hybridized carbons (Fsp3) is 0.333. The number of nitrogens with one attached hydrogen (secondary N) is 1. The number of urea groups is 1. The fourth-order valence-electron chi connectivity index (χ4n) is 1.82.